The summed E-state index contributed by atoms with van der Waals surface area (Å²) in [6.45, 7) is 0.115. The molecule has 2 aromatic heterocycles. The van der Waals surface area contributed by atoms with Crippen LogP contribution in [0.2, 0.25) is 5.02 Å². The molecule has 200 valence electrons. The van der Waals surface area contributed by atoms with Gasteiger partial charge in [-0.05, 0) is 48.9 Å². The second-order valence-corrected chi connectivity index (χ2v) is 10.1. The van der Waals surface area contributed by atoms with Gasteiger partial charge < -0.3 is 19.5 Å². The number of hydrogen-bond donors (Lipinski definition) is 3. The maximum Gasteiger partial charge on any atom is 0.260 e. The third-order valence-electron chi connectivity index (χ3n) is 5.30. The van der Waals surface area contributed by atoms with Crippen LogP contribution in [-0.2, 0) is 10.0 Å². The molecule has 0 saturated carbocycles. The third kappa shape index (κ3) is 6.23. The van der Waals surface area contributed by atoms with Gasteiger partial charge in [0.25, 0.3) is 5.91 Å². The van der Waals surface area contributed by atoms with Crippen LogP contribution in [0.15, 0.2) is 48.7 Å². The molecule has 14 heteroatoms. The number of fused-ring (bicyclic) bond motifs is 1. The summed E-state index contributed by atoms with van der Waals surface area (Å²) in [5.74, 6) is -0.883. The lowest BCUT2D eigenvalue weighted by molar-refractivity contribution is 0.102. The van der Waals surface area contributed by atoms with E-state index in [0.717, 1.165) is 6.07 Å². The lowest BCUT2D eigenvalue weighted by Crippen LogP contribution is -2.21. The molecule has 0 aliphatic rings. The van der Waals surface area contributed by atoms with E-state index in [9.17, 15) is 13.2 Å². The molecule has 2 heterocycles. The van der Waals surface area contributed by atoms with Gasteiger partial charge in [-0.3, -0.25) is 14.6 Å². The molecule has 1 amide bonds. The van der Waals surface area contributed by atoms with Gasteiger partial charge in [-0.2, -0.15) is 0 Å². The smallest absolute Gasteiger partial charge is 0.260 e. The Kier molecular flexibility index (Phi) is 8.17. The first kappa shape index (κ1) is 26.9. The van der Waals surface area contributed by atoms with E-state index in [2.05, 4.69) is 25.2 Å². The topological polar surface area (TPSA) is 145 Å². The highest BCUT2D eigenvalue weighted by atomic mass is 35.5. The summed E-state index contributed by atoms with van der Waals surface area (Å²) in [7, 11) is -0.989. The normalized spacial score (nSPS) is 11.3. The van der Waals surface area contributed by atoms with Crippen molar-refractivity contribution in [3.05, 3.63) is 65.1 Å². The molecule has 4 aromatic rings. The Balaban J connectivity index is 1.41. The first-order valence-corrected chi connectivity index (χ1v) is 13.2. The summed E-state index contributed by atoms with van der Waals surface area (Å²) in [5, 5.41) is 9.40. The van der Waals surface area contributed by atoms with Gasteiger partial charge >= 0.3 is 0 Å². The van der Waals surface area contributed by atoms with Crippen LogP contribution >= 0.6 is 11.6 Å². The standard InChI is InChI=1S/C24H23ClFN5O6S/c1-35-15-4-6-16(7-5-15)37-10-3-11-38(33,34)31-19-9-8-18(25)20(21(19)26)23(32)28-14-12-17-22(27-13-14)29-30-24(17)36-2/h4-9,12-13,31H,3,10-11H2,1-2H3,(H,28,32)(H,27,29,30). The number of anilines is 2. The first-order chi connectivity index (χ1) is 18.2. The maximum atomic E-state index is 15.3. The van der Waals surface area contributed by atoms with E-state index < -0.39 is 33.0 Å². The predicted octanol–water partition coefficient (Wildman–Crippen LogP) is 4.23. The van der Waals surface area contributed by atoms with Gasteiger partial charge in [0.2, 0.25) is 15.9 Å². The number of methoxy groups -OCH3 is 2. The van der Waals surface area contributed by atoms with Crippen molar-refractivity contribution in [2.45, 2.75) is 6.42 Å². The van der Waals surface area contributed by atoms with Gasteiger partial charge in [0, 0.05) is 0 Å². The number of pyridine rings is 1. The number of carbonyl (C=O) groups is 1. The van der Waals surface area contributed by atoms with Crippen LogP contribution < -0.4 is 24.2 Å². The number of aromatic nitrogens is 3. The van der Waals surface area contributed by atoms with E-state index in [0.29, 0.717) is 22.5 Å². The average molecular weight is 564 g/mol. The number of ether oxygens (including phenoxy) is 3. The van der Waals surface area contributed by atoms with Crippen LogP contribution in [0.4, 0.5) is 15.8 Å². The second kappa shape index (κ2) is 11.5. The van der Waals surface area contributed by atoms with Crippen LogP contribution in [0.1, 0.15) is 16.8 Å². The summed E-state index contributed by atoms with van der Waals surface area (Å²) in [6.07, 6.45) is 1.47. The number of H-pyrrole nitrogens is 1. The summed E-state index contributed by atoms with van der Waals surface area (Å²) >= 11 is 6.09. The van der Waals surface area contributed by atoms with Crippen molar-refractivity contribution in [3.8, 4) is 17.4 Å². The fourth-order valence-corrected chi connectivity index (χ4v) is 4.79. The molecule has 0 fully saturated rings. The van der Waals surface area contributed by atoms with E-state index in [1.807, 2.05) is 0 Å². The van der Waals surface area contributed by atoms with Crippen molar-refractivity contribution in [2.75, 3.05) is 36.6 Å². The number of nitrogens with one attached hydrogen (secondary N) is 3. The van der Waals surface area contributed by atoms with Crippen LogP contribution in [0.5, 0.6) is 17.4 Å². The minimum absolute atomic E-state index is 0.115. The third-order valence-corrected chi connectivity index (χ3v) is 6.97. The van der Waals surface area contributed by atoms with Gasteiger partial charge in [0.15, 0.2) is 11.5 Å². The van der Waals surface area contributed by atoms with E-state index in [1.165, 1.54) is 25.4 Å². The Morgan fingerprint density at radius 2 is 1.84 bits per heavy atom. The molecule has 0 spiro atoms. The highest BCUT2D eigenvalue weighted by molar-refractivity contribution is 7.92. The van der Waals surface area contributed by atoms with Crippen LogP contribution in [0.3, 0.4) is 0 Å². The largest absolute Gasteiger partial charge is 0.497 e. The average Bonchev–Trinajstić information content (AvgIpc) is 3.31. The van der Waals surface area contributed by atoms with Gasteiger partial charge in [-0.15, -0.1) is 5.10 Å². The molecule has 38 heavy (non-hydrogen) atoms. The van der Waals surface area contributed by atoms with Gasteiger partial charge in [-0.1, -0.05) is 11.6 Å². The summed E-state index contributed by atoms with van der Waals surface area (Å²) in [4.78, 5) is 17.0. The molecule has 0 saturated heterocycles. The molecular formula is C24H23ClFN5O6S. The number of carbonyl (C=O) groups excluding carboxylic acids is 1. The van der Waals surface area contributed by atoms with Crippen molar-refractivity contribution in [3.63, 3.8) is 0 Å². The molecule has 0 radical (unpaired) electrons. The summed E-state index contributed by atoms with van der Waals surface area (Å²) < 4.78 is 58.2. The Morgan fingerprint density at radius 3 is 2.55 bits per heavy atom. The molecule has 0 aliphatic carbocycles. The molecule has 3 N–H and O–H groups in total. The van der Waals surface area contributed by atoms with Crippen molar-refractivity contribution >= 4 is 49.9 Å². The minimum Gasteiger partial charge on any atom is -0.497 e. The lowest BCUT2D eigenvalue weighted by atomic mass is 10.1. The van der Waals surface area contributed by atoms with Gasteiger partial charge in [0.1, 0.15) is 11.5 Å². The molecule has 4 rings (SSSR count). The number of benzene rings is 2. The number of sulfonamides is 1. The van der Waals surface area contributed by atoms with Crippen LogP contribution in [-0.4, -0.2) is 56.1 Å². The number of amides is 1. The monoisotopic (exact) mass is 563 g/mol. The van der Waals surface area contributed by atoms with Crippen molar-refractivity contribution in [1.82, 2.24) is 15.2 Å². The zero-order valence-electron chi connectivity index (χ0n) is 20.2. The zero-order chi connectivity index (χ0) is 27.3. The van der Waals surface area contributed by atoms with Crippen molar-refractivity contribution < 1.29 is 31.8 Å². The second-order valence-electron chi connectivity index (χ2n) is 7.89. The minimum atomic E-state index is -3.96. The maximum absolute atomic E-state index is 15.3. The highest BCUT2D eigenvalue weighted by Crippen LogP contribution is 2.29. The van der Waals surface area contributed by atoms with E-state index in [-0.39, 0.29) is 35.4 Å². The Labute approximate surface area is 222 Å². The van der Waals surface area contributed by atoms with Gasteiger partial charge in [-0.25, -0.2) is 17.8 Å². The first-order valence-electron chi connectivity index (χ1n) is 11.2. The predicted molar refractivity (Wildman–Crippen MR) is 140 cm³/mol. The summed E-state index contributed by atoms with van der Waals surface area (Å²) in [6, 6.07) is 10.7. The fraction of sp³-hybridized carbons (Fsp3) is 0.208. The van der Waals surface area contributed by atoms with E-state index in [4.69, 9.17) is 25.8 Å². The quantitative estimate of drug-likeness (QED) is 0.230. The molecule has 0 aliphatic heterocycles. The molecule has 0 bridgehead atoms. The molecule has 0 atom stereocenters. The summed E-state index contributed by atoms with van der Waals surface area (Å²) in [5.41, 5.74) is -0.301. The Morgan fingerprint density at radius 1 is 1.11 bits per heavy atom. The number of nitrogens with zero attached hydrogens (tertiary/aromatic N) is 2. The number of rotatable bonds is 11. The van der Waals surface area contributed by atoms with Crippen LogP contribution in [0.25, 0.3) is 11.0 Å². The SMILES string of the molecule is COc1ccc(OCCCS(=O)(=O)Nc2ccc(Cl)c(C(=O)Nc3cnc4[nH]nc(OC)c4c3)c2F)cc1. The Bertz CT molecular complexity index is 1560. The zero-order valence-corrected chi connectivity index (χ0v) is 21.8. The lowest BCUT2D eigenvalue weighted by Gasteiger charge is -2.13. The molecule has 11 nitrogen and oxygen atoms in total. The molecule has 0 unspecified atom stereocenters. The van der Waals surface area contributed by atoms with E-state index in [1.54, 1.807) is 31.4 Å². The van der Waals surface area contributed by atoms with Crippen LogP contribution in [0, 0.1) is 5.82 Å². The van der Waals surface area contributed by atoms with Crippen molar-refractivity contribution in [1.29, 1.82) is 0 Å². The number of halogens is 2. The molecular weight excluding hydrogens is 541 g/mol. The number of hydrogen-bond acceptors (Lipinski definition) is 8. The molecule has 2 aromatic carbocycles. The Hall–Kier alpha value is -4.10. The van der Waals surface area contributed by atoms with E-state index >= 15 is 4.39 Å². The highest BCUT2D eigenvalue weighted by Gasteiger charge is 2.23. The fourth-order valence-electron chi connectivity index (χ4n) is 3.47. The van der Waals surface area contributed by atoms with Gasteiger partial charge in [0.05, 0.1) is 60.1 Å². The van der Waals surface area contributed by atoms with Crippen molar-refractivity contribution in [2.24, 2.45) is 0 Å². The number of aromatic amines is 1.